The van der Waals surface area contributed by atoms with Gasteiger partial charge in [0.15, 0.2) is 5.69 Å². The van der Waals surface area contributed by atoms with Gasteiger partial charge in [-0.15, -0.1) is 0 Å². The fourth-order valence-corrected chi connectivity index (χ4v) is 2.06. The van der Waals surface area contributed by atoms with Crippen LogP contribution in [0.2, 0.25) is 0 Å². The number of esters is 1. The largest absolute Gasteiger partial charge is 0.461 e. The first-order chi connectivity index (χ1) is 5.66. The van der Waals surface area contributed by atoms with E-state index in [-0.39, 0.29) is 5.97 Å². The number of hydrogen-bond acceptors (Lipinski definition) is 4. The molecule has 0 amide bonds. The van der Waals surface area contributed by atoms with Crippen LogP contribution in [0.3, 0.4) is 0 Å². The minimum atomic E-state index is -0.328. The predicted molar refractivity (Wildman–Crippen MR) is 55.5 cm³/mol. The third-order valence-electron chi connectivity index (χ3n) is 1.26. The number of carbonyl (C=O) groups excluding carboxylic acids is 1. The lowest BCUT2D eigenvalue weighted by Crippen LogP contribution is -2.06. The van der Waals surface area contributed by atoms with E-state index < -0.39 is 0 Å². The predicted octanol–water partition coefficient (Wildman–Crippen LogP) is 2.23. The molecule has 0 aliphatic carbocycles. The van der Waals surface area contributed by atoms with Gasteiger partial charge in [-0.3, -0.25) is 0 Å². The first-order valence-electron chi connectivity index (χ1n) is 3.45. The number of halogens is 1. The van der Waals surface area contributed by atoms with Gasteiger partial charge in [0.1, 0.15) is 0 Å². The molecule has 1 heterocycles. The lowest BCUT2D eigenvalue weighted by molar-refractivity contribution is 0.0519. The Kier molecular flexibility index (Phi) is 3.45. The number of aryl methyl sites for hydroxylation is 1. The fraction of sp³-hybridized carbons (Fsp3) is 0.429. The number of nitrogens with zero attached hydrogens (tertiary/aromatic N) is 1. The first kappa shape index (κ1) is 9.91. The van der Waals surface area contributed by atoms with E-state index in [0.29, 0.717) is 12.3 Å². The highest BCUT2D eigenvalue weighted by atomic mass is 127. The van der Waals surface area contributed by atoms with Crippen molar-refractivity contribution >= 4 is 40.1 Å². The summed E-state index contributed by atoms with van der Waals surface area (Å²) in [5.74, 6) is -0.328. The molecule has 66 valence electrons. The molecule has 5 heteroatoms. The Morgan fingerprint density at radius 3 is 2.83 bits per heavy atom. The van der Waals surface area contributed by atoms with Crippen molar-refractivity contribution < 1.29 is 9.53 Å². The molecule has 0 bridgehead atoms. The molecule has 1 aromatic rings. The maximum atomic E-state index is 11.2. The van der Waals surface area contributed by atoms with Gasteiger partial charge in [0.25, 0.3) is 0 Å². The normalized spacial score (nSPS) is 9.92. The maximum absolute atomic E-state index is 11.2. The van der Waals surface area contributed by atoms with Crippen LogP contribution >= 0.6 is 34.1 Å². The molecule has 0 aromatic carbocycles. The molecule has 0 atom stereocenters. The van der Waals surface area contributed by atoms with Crippen molar-refractivity contribution in [1.29, 1.82) is 0 Å². The van der Waals surface area contributed by atoms with Gasteiger partial charge >= 0.3 is 5.97 Å². The van der Waals surface area contributed by atoms with Crippen LogP contribution in [0.15, 0.2) is 0 Å². The van der Waals surface area contributed by atoms with Crippen molar-refractivity contribution in [2.24, 2.45) is 0 Å². The molecule has 0 radical (unpaired) electrons. The Morgan fingerprint density at radius 2 is 2.42 bits per heavy atom. The Hall–Kier alpha value is -0.170. The molecule has 0 unspecified atom stereocenters. The fourth-order valence-electron chi connectivity index (χ4n) is 0.687. The van der Waals surface area contributed by atoms with E-state index in [2.05, 4.69) is 27.0 Å². The lowest BCUT2D eigenvalue weighted by atomic mass is 10.4. The number of aromatic nitrogens is 1. The quantitative estimate of drug-likeness (QED) is 0.621. The molecule has 0 N–H and O–H groups in total. The van der Waals surface area contributed by atoms with Gasteiger partial charge in [0.05, 0.1) is 10.2 Å². The number of ether oxygens (including phenoxy) is 1. The number of carbonyl (C=O) groups is 1. The highest BCUT2D eigenvalue weighted by molar-refractivity contribution is 14.1. The van der Waals surface area contributed by atoms with Crippen molar-refractivity contribution in [2.45, 2.75) is 13.8 Å². The molecule has 0 spiro atoms. The van der Waals surface area contributed by atoms with Gasteiger partial charge in [-0.05, 0) is 48.0 Å². The lowest BCUT2D eigenvalue weighted by Gasteiger charge is -1.97. The van der Waals surface area contributed by atoms with Crippen molar-refractivity contribution in [2.75, 3.05) is 6.61 Å². The second-order valence-corrected chi connectivity index (χ2v) is 4.18. The average Bonchev–Trinajstić information content (AvgIpc) is 2.34. The van der Waals surface area contributed by atoms with Crippen molar-refractivity contribution in [1.82, 2.24) is 4.37 Å². The third kappa shape index (κ3) is 1.95. The second-order valence-electron chi connectivity index (χ2n) is 2.12. The maximum Gasteiger partial charge on any atom is 0.359 e. The summed E-state index contributed by atoms with van der Waals surface area (Å²) in [5, 5.41) is 0. The molecule has 0 saturated heterocycles. The molecule has 0 saturated carbocycles. The van der Waals surface area contributed by atoms with E-state index in [1.165, 1.54) is 11.5 Å². The Labute approximate surface area is 88.4 Å². The summed E-state index contributed by atoms with van der Waals surface area (Å²) in [4.78, 5) is 12.3. The highest BCUT2D eigenvalue weighted by Crippen LogP contribution is 2.20. The van der Waals surface area contributed by atoms with Crippen molar-refractivity contribution in [3.8, 4) is 0 Å². The molecule has 3 nitrogen and oxygen atoms in total. The van der Waals surface area contributed by atoms with Crippen LogP contribution in [0, 0.1) is 10.5 Å². The van der Waals surface area contributed by atoms with E-state index in [9.17, 15) is 4.79 Å². The van der Waals surface area contributed by atoms with E-state index >= 15 is 0 Å². The molecular weight excluding hydrogens is 289 g/mol. The smallest absolute Gasteiger partial charge is 0.359 e. The van der Waals surface area contributed by atoms with E-state index in [0.717, 1.165) is 8.45 Å². The van der Waals surface area contributed by atoms with E-state index in [4.69, 9.17) is 4.74 Å². The van der Waals surface area contributed by atoms with E-state index in [1.807, 2.05) is 6.92 Å². The Morgan fingerprint density at radius 1 is 1.75 bits per heavy atom. The van der Waals surface area contributed by atoms with Crippen LogP contribution in [0.5, 0.6) is 0 Å². The second kappa shape index (κ2) is 4.18. The van der Waals surface area contributed by atoms with Gasteiger partial charge in [-0.2, -0.15) is 4.37 Å². The zero-order valence-corrected chi connectivity index (χ0v) is 9.73. The van der Waals surface area contributed by atoms with Crippen LogP contribution in [0.1, 0.15) is 22.3 Å². The topological polar surface area (TPSA) is 39.2 Å². The first-order valence-corrected chi connectivity index (χ1v) is 5.31. The summed E-state index contributed by atoms with van der Waals surface area (Å²) in [6, 6.07) is 0. The zero-order valence-electron chi connectivity index (χ0n) is 6.76. The van der Waals surface area contributed by atoms with Crippen LogP contribution in [-0.4, -0.2) is 16.9 Å². The monoisotopic (exact) mass is 297 g/mol. The number of rotatable bonds is 2. The molecule has 0 fully saturated rings. The van der Waals surface area contributed by atoms with Crippen LogP contribution in [0.25, 0.3) is 0 Å². The van der Waals surface area contributed by atoms with Crippen LogP contribution < -0.4 is 0 Å². The van der Waals surface area contributed by atoms with Gasteiger partial charge in [-0.25, -0.2) is 4.79 Å². The van der Waals surface area contributed by atoms with Gasteiger partial charge in [0, 0.05) is 4.88 Å². The summed E-state index contributed by atoms with van der Waals surface area (Å²) in [7, 11) is 0. The highest BCUT2D eigenvalue weighted by Gasteiger charge is 2.16. The van der Waals surface area contributed by atoms with Gasteiger partial charge in [0.2, 0.25) is 0 Å². The Bertz CT molecular complexity index is 298. The summed E-state index contributed by atoms with van der Waals surface area (Å²) in [5.41, 5.74) is 0.444. The molecule has 12 heavy (non-hydrogen) atoms. The molecule has 0 aliphatic heterocycles. The summed E-state index contributed by atoms with van der Waals surface area (Å²) < 4.78 is 9.72. The van der Waals surface area contributed by atoms with Crippen LogP contribution in [-0.2, 0) is 4.74 Å². The summed E-state index contributed by atoms with van der Waals surface area (Å²) >= 11 is 3.43. The van der Waals surface area contributed by atoms with E-state index in [1.54, 1.807) is 6.92 Å². The summed E-state index contributed by atoms with van der Waals surface area (Å²) in [6.07, 6.45) is 0. The molecule has 1 rings (SSSR count). The minimum absolute atomic E-state index is 0.328. The zero-order chi connectivity index (χ0) is 9.14. The summed E-state index contributed by atoms with van der Waals surface area (Å²) in [6.45, 7) is 4.11. The average molecular weight is 297 g/mol. The molecule has 1 aromatic heterocycles. The van der Waals surface area contributed by atoms with Crippen molar-refractivity contribution in [3.05, 3.63) is 14.1 Å². The Balaban J connectivity index is 2.88. The van der Waals surface area contributed by atoms with Crippen LogP contribution in [0.4, 0.5) is 0 Å². The molecular formula is C7H8INO2S. The van der Waals surface area contributed by atoms with Gasteiger partial charge < -0.3 is 4.74 Å². The number of hydrogen-bond donors (Lipinski definition) is 0. The van der Waals surface area contributed by atoms with Gasteiger partial charge in [-0.1, -0.05) is 0 Å². The van der Waals surface area contributed by atoms with Crippen molar-refractivity contribution in [3.63, 3.8) is 0 Å². The minimum Gasteiger partial charge on any atom is -0.461 e. The SMILES string of the molecule is CCOC(=O)c1nsc(C)c1I. The molecule has 0 aliphatic rings. The third-order valence-corrected chi connectivity index (χ3v) is 3.70. The standard InChI is InChI=1S/C7H8INO2S/c1-3-11-7(10)6-5(8)4(2)12-9-6/h3H2,1-2H3.